The van der Waals surface area contributed by atoms with E-state index in [0.29, 0.717) is 25.4 Å². The van der Waals surface area contributed by atoms with E-state index in [1.54, 1.807) is 13.2 Å². The highest BCUT2D eigenvalue weighted by Crippen LogP contribution is 2.22. The summed E-state index contributed by atoms with van der Waals surface area (Å²) in [5.41, 5.74) is 0.573. The molecule has 0 aliphatic rings. The van der Waals surface area contributed by atoms with Crippen molar-refractivity contribution in [2.75, 3.05) is 32.1 Å². The number of methoxy groups -OCH3 is 1. The third kappa shape index (κ3) is 5.39. The minimum absolute atomic E-state index is 0.0743. The van der Waals surface area contributed by atoms with E-state index >= 15 is 0 Å². The van der Waals surface area contributed by atoms with Gasteiger partial charge in [0, 0.05) is 38.6 Å². The smallest absolute Gasteiger partial charge is 0.282 e. The van der Waals surface area contributed by atoms with E-state index in [4.69, 9.17) is 4.74 Å². The lowest BCUT2D eigenvalue weighted by Crippen LogP contribution is -2.25. The van der Waals surface area contributed by atoms with Gasteiger partial charge in [0.05, 0.1) is 4.92 Å². The van der Waals surface area contributed by atoms with Gasteiger partial charge < -0.3 is 15.4 Å². The molecule has 1 aromatic rings. The Morgan fingerprint density at radius 1 is 1.38 bits per heavy atom. The van der Waals surface area contributed by atoms with Crippen LogP contribution in [0.5, 0.6) is 0 Å². The Kier molecular flexibility index (Phi) is 7.17. The predicted octanol–water partition coefficient (Wildman–Crippen LogP) is 2.18. The fourth-order valence-corrected chi connectivity index (χ4v) is 1.86. The maximum absolute atomic E-state index is 12.1. The number of benzene rings is 1. The Balaban J connectivity index is 2.75. The van der Waals surface area contributed by atoms with Crippen molar-refractivity contribution in [1.29, 1.82) is 0 Å². The quantitative estimate of drug-likeness (QED) is 0.414. The van der Waals surface area contributed by atoms with Gasteiger partial charge >= 0.3 is 0 Å². The largest absolute Gasteiger partial charge is 0.385 e. The second-order valence-electron chi connectivity index (χ2n) is 4.48. The maximum Gasteiger partial charge on any atom is 0.282 e. The molecule has 0 aliphatic carbocycles. The summed E-state index contributed by atoms with van der Waals surface area (Å²) in [6.45, 7) is 3.68. The first-order valence-corrected chi connectivity index (χ1v) is 6.89. The summed E-state index contributed by atoms with van der Waals surface area (Å²) < 4.78 is 4.92. The zero-order valence-electron chi connectivity index (χ0n) is 12.3. The lowest BCUT2D eigenvalue weighted by Gasteiger charge is -2.08. The average Bonchev–Trinajstić information content (AvgIpc) is 2.47. The minimum Gasteiger partial charge on any atom is -0.385 e. The molecule has 0 radical (unpaired) electrons. The number of hydrogen-bond donors (Lipinski definition) is 2. The standard InChI is InChI=1S/C14H21N3O4/c1-3-15-11-6-7-13(17(19)20)12(10-11)14(18)16-8-4-5-9-21-2/h6-7,10,15H,3-5,8-9H2,1-2H3,(H,16,18). The van der Waals surface area contributed by atoms with Crippen LogP contribution < -0.4 is 10.6 Å². The van der Waals surface area contributed by atoms with Gasteiger partial charge in [-0.15, -0.1) is 0 Å². The number of carbonyl (C=O) groups excluding carboxylic acids is 1. The van der Waals surface area contributed by atoms with Crippen LogP contribution in [0.4, 0.5) is 11.4 Å². The molecule has 0 aromatic heterocycles. The molecule has 0 spiro atoms. The topological polar surface area (TPSA) is 93.5 Å². The van der Waals surface area contributed by atoms with Crippen LogP contribution in [-0.4, -0.2) is 37.6 Å². The van der Waals surface area contributed by atoms with Crippen molar-refractivity contribution in [3.63, 3.8) is 0 Å². The number of nitro groups is 1. The number of nitrogens with zero attached hydrogens (tertiary/aromatic N) is 1. The molecule has 0 heterocycles. The van der Waals surface area contributed by atoms with Crippen molar-refractivity contribution < 1.29 is 14.5 Å². The number of nitrogens with one attached hydrogen (secondary N) is 2. The zero-order chi connectivity index (χ0) is 15.7. The molecular formula is C14H21N3O4. The zero-order valence-corrected chi connectivity index (χ0v) is 12.3. The van der Waals surface area contributed by atoms with Crippen molar-refractivity contribution >= 4 is 17.3 Å². The predicted molar refractivity (Wildman–Crippen MR) is 80.7 cm³/mol. The molecule has 0 atom stereocenters. The molecule has 0 bridgehead atoms. The molecule has 0 fully saturated rings. The van der Waals surface area contributed by atoms with Gasteiger partial charge in [0.1, 0.15) is 5.56 Å². The van der Waals surface area contributed by atoms with Gasteiger partial charge in [0.25, 0.3) is 11.6 Å². The molecule has 1 amide bonds. The van der Waals surface area contributed by atoms with E-state index in [-0.39, 0.29) is 11.3 Å². The molecule has 7 heteroatoms. The summed E-state index contributed by atoms with van der Waals surface area (Å²) >= 11 is 0. The molecule has 0 saturated heterocycles. The first-order valence-electron chi connectivity index (χ1n) is 6.89. The van der Waals surface area contributed by atoms with Crippen LogP contribution in [0.2, 0.25) is 0 Å². The number of rotatable bonds is 9. The normalized spacial score (nSPS) is 10.2. The van der Waals surface area contributed by atoms with Crippen LogP contribution in [0, 0.1) is 10.1 Å². The lowest BCUT2D eigenvalue weighted by atomic mass is 10.1. The molecule has 1 aromatic carbocycles. The monoisotopic (exact) mass is 295 g/mol. The Labute approximate surface area is 123 Å². The van der Waals surface area contributed by atoms with Gasteiger partial charge in [0.15, 0.2) is 0 Å². The summed E-state index contributed by atoms with van der Waals surface area (Å²) in [6, 6.07) is 4.45. The first kappa shape index (κ1) is 16.9. The second kappa shape index (κ2) is 8.91. The van der Waals surface area contributed by atoms with Gasteiger partial charge in [-0.3, -0.25) is 14.9 Å². The van der Waals surface area contributed by atoms with Crippen molar-refractivity contribution in [2.24, 2.45) is 0 Å². The van der Waals surface area contributed by atoms with E-state index in [0.717, 1.165) is 12.8 Å². The van der Waals surface area contributed by atoms with Crippen LogP contribution in [-0.2, 0) is 4.74 Å². The highest BCUT2D eigenvalue weighted by molar-refractivity contribution is 5.99. The Hall–Kier alpha value is -2.15. The molecule has 1 rings (SSSR count). The number of nitro benzene ring substituents is 1. The van der Waals surface area contributed by atoms with Gasteiger partial charge in [0.2, 0.25) is 0 Å². The maximum atomic E-state index is 12.1. The summed E-state index contributed by atoms with van der Waals surface area (Å²) in [4.78, 5) is 22.5. The summed E-state index contributed by atoms with van der Waals surface area (Å²) in [7, 11) is 1.62. The van der Waals surface area contributed by atoms with Gasteiger partial charge in [-0.1, -0.05) is 0 Å². The summed E-state index contributed by atoms with van der Waals surface area (Å²) in [5, 5.41) is 16.7. The van der Waals surface area contributed by atoms with Crippen molar-refractivity contribution in [2.45, 2.75) is 19.8 Å². The van der Waals surface area contributed by atoms with E-state index in [1.165, 1.54) is 12.1 Å². The van der Waals surface area contributed by atoms with Crippen LogP contribution in [0.15, 0.2) is 18.2 Å². The number of anilines is 1. The van der Waals surface area contributed by atoms with Crippen LogP contribution in [0.25, 0.3) is 0 Å². The SMILES string of the molecule is CCNc1ccc([N+](=O)[O-])c(C(=O)NCCCCOC)c1. The van der Waals surface area contributed by atoms with E-state index in [2.05, 4.69) is 10.6 Å². The molecule has 21 heavy (non-hydrogen) atoms. The molecule has 0 aliphatic heterocycles. The van der Waals surface area contributed by atoms with Gasteiger partial charge in [-0.2, -0.15) is 0 Å². The first-order chi connectivity index (χ1) is 10.1. The third-order valence-electron chi connectivity index (χ3n) is 2.88. The molecule has 2 N–H and O–H groups in total. The van der Waals surface area contributed by atoms with E-state index < -0.39 is 10.8 Å². The van der Waals surface area contributed by atoms with Crippen LogP contribution in [0.1, 0.15) is 30.1 Å². The Bertz CT molecular complexity index is 491. The van der Waals surface area contributed by atoms with Crippen molar-refractivity contribution in [3.8, 4) is 0 Å². The fourth-order valence-electron chi connectivity index (χ4n) is 1.86. The highest BCUT2D eigenvalue weighted by Gasteiger charge is 2.20. The number of ether oxygens (including phenoxy) is 1. The van der Waals surface area contributed by atoms with Crippen molar-refractivity contribution in [3.05, 3.63) is 33.9 Å². The number of amides is 1. The average molecular weight is 295 g/mol. The fraction of sp³-hybridized carbons (Fsp3) is 0.500. The molecule has 7 nitrogen and oxygen atoms in total. The molecule has 0 saturated carbocycles. The van der Waals surface area contributed by atoms with E-state index in [1.807, 2.05) is 6.92 Å². The Morgan fingerprint density at radius 2 is 2.14 bits per heavy atom. The Morgan fingerprint density at radius 3 is 2.76 bits per heavy atom. The van der Waals surface area contributed by atoms with Crippen LogP contribution in [0.3, 0.4) is 0 Å². The number of unbranched alkanes of at least 4 members (excludes halogenated alkanes) is 1. The number of carbonyl (C=O) groups is 1. The summed E-state index contributed by atoms with van der Waals surface area (Å²) in [6.07, 6.45) is 1.59. The van der Waals surface area contributed by atoms with Crippen LogP contribution >= 0.6 is 0 Å². The van der Waals surface area contributed by atoms with Gasteiger partial charge in [-0.25, -0.2) is 0 Å². The van der Waals surface area contributed by atoms with E-state index in [9.17, 15) is 14.9 Å². The second-order valence-corrected chi connectivity index (χ2v) is 4.48. The number of hydrogen-bond acceptors (Lipinski definition) is 5. The van der Waals surface area contributed by atoms with Gasteiger partial charge in [-0.05, 0) is 31.9 Å². The lowest BCUT2D eigenvalue weighted by molar-refractivity contribution is -0.385. The molecular weight excluding hydrogens is 274 g/mol. The highest BCUT2D eigenvalue weighted by atomic mass is 16.6. The molecule has 0 unspecified atom stereocenters. The molecule has 116 valence electrons. The minimum atomic E-state index is -0.546. The summed E-state index contributed by atoms with van der Waals surface area (Å²) in [5.74, 6) is -0.432. The van der Waals surface area contributed by atoms with Crippen molar-refractivity contribution in [1.82, 2.24) is 5.32 Å². The third-order valence-corrected chi connectivity index (χ3v) is 2.88.